The molecule has 0 N–H and O–H groups in total. The first-order valence-electron chi connectivity index (χ1n) is 9.53. The molecular weight excluding hydrogens is 360 g/mol. The minimum atomic E-state index is -3.17. The Labute approximate surface area is 159 Å². The van der Waals surface area contributed by atoms with Gasteiger partial charge in [-0.3, -0.25) is 4.68 Å². The van der Waals surface area contributed by atoms with Gasteiger partial charge in [0.05, 0.1) is 21.0 Å². The Balaban J connectivity index is 1.66. The van der Waals surface area contributed by atoms with Crippen LogP contribution in [0.3, 0.4) is 0 Å². The fourth-order valence-corrected chi connectivity index (χ4v) is 4.93. The van der Waals surface area contributed by atoms with Gasteiger partial charge in [-0.05, 0) is 68.1 Å². The fraction of sp³-hybridized carbons (Fsp3) is 0.381. The lowest BCUT2D eigenvalue weighted by Gasteiger charge is -2.10. The standard InChI is InChI=1S/C21H24N2O3S/c1-3-5-15-12-20-19(14-23(4-2)22-20)21(13-15)26-16-6-8-17(9-7-16)27(24,25)18-10-11-18/h6-9,12-14,18H,3-5,10-11H2,1-2H3. The highest BCUT2D eigenvalue weighted by molar-refractivity contribution is 7.92. The average molecular weight is 385 g/mol. The van der Waals surface area contributed by atoms with Gasteiger partial charge < -0.3 is 4.74 Å². The van der Waals surface area contributed by atoms with E-state index in [1.54, 1.807) is 24.3 Å². The van der Waals surface area contributed by atoms with E-state index in [2.05, 4.69) is 31.1 Å². The summed E-state index contributed by atoms with van der Waals surface area (Å²) in [5.74, 6) is 1.39. The number of ether oxygens (including phenoxy) is 1. The lowest BCUT2D eigenvalue weighted by Crippen LogP contribution is -2.06. The molecule has 0 saturated heterocycles. The third-order valence-corrected chi connectivity index (χ3v) is 7.18. The number of aromatic nitrogens is 2. The highest BCUT2D eigenvalue weighted by Crippen LogP contribution is 2.35. The number of sulfone groups is 1. The molecule has 1 saturated carbocycles. The molecule has 0 bridgehead atoms. The number of benzene rings is 2. The number of aryl methyl sites for hydroxylation is 2. The van der Waals surface area contributed by atoms with Crippen molar-refractivity contribution < 1.29 is 13.2 Å². The summed E-state index contributed by atoms with van der Waals surface area (Å²) in [6.45, 7) is 5.00. The summed E-state index contributed by atoms with van der Waals surface area (Å²) in [4.78, 5) is 0.376. The third-order valence-electron chi connectivity index (χ3n) is 4.90. The van der Waals surface area contributed by atoms with Gasteiger partial charge in [-0.2, -0.15) is 5.10 Å². The van der Waals surface area contributed by atoms with Crippen molar-refractivity contribution in [3.63, 3.8) is 0 Å². The first kappa shape index (κ1) is 18.0. The second-order valence-corrected chi connectivity index (χ2v) is 9.31. The van der Waals surface area contributed by atoms with Crippen LogP contribution in [0.5, 0.6) is 11.5 Å². The molecule has 4 rings (SSSR count). The summed E-state index contributed by atoms with van der Waals surface area (Å²) >= 11 is 0. The van der Waals surface area contributed by atoms with Gasteiger partial charge in [0.2, 0.25) is 0 Å². The molecule has 0 radical (unpaired) electrons. The van der Waals surface area contributed by atoms with E-state index in [0.29, 0.717) is 10.6 Å². The Hall–Kier alpha value is -2.34. The van der Waals surface area contributed by atoms with E-state index in [1.165, 1.54) is 5.56 Å². The van der Waals surface area contributed by atoms with Crippen LogP contribution in [0.2, 0.25) is 0 Å². The SMILES string of the molecule is CCCc1cc(Oc2ccc(S(=O)(=O)C3CC3)cc2)c2cn(CC)nc2c1. The van der Waals surface area contributed by atoms with Crippen LogP contribution in [0.25, 0.3) is 10.9 Å². The van der Waals surface area contributed by atoms with Gasteiger partial charge in [-0.1, -0.05) is 13.3 Å². The van der Waals surface area contributed by atoms with Crippen LogP contribution < -0.4 is 4.74 Å². The molecule has 142 valence electrons. The van der Waals surface area contributed by atoms with Crippen LogP contribution >= 0.6 is 0 Å². The van der Waals surface area contributed by atoms with Crippen LogP contribution in [-0.2, 0) is 22.8 Å². The molecule has 1 heterocycles. The molecule has 1 aliphatic rings. The number of fused-ring (bicyclic) bond motifs is 1. The monoisotopic (exact) mass is 384 g/mol. The first-order valence-corrected chi connectivity index (χ1v) is 11.1. The molecule has 1 aliphatic carbocycles. The van der Waals surface area contributed by atoms with Crippen LogP contribution in [0, 0.1) is 0 Å². The van der Waals surface area contributed by atoms with E-state index in [0.717, 1.165) is 48.9 Å². The fourth-order valence-electron chi connectivity index (χ4n) is 3.27. The van der Waals surface area contributed by atoms with Crippen molar-refractivity contribution in [2.24, 2.45) is 0 Å². The van der Waals surface area contributed by atoms with Crippen LogP contribution in [0.1, 0.15) is 38.7 Å². The molecule has 27 heavy (non-hydrogen) atoms. The quantitative estimate of drug-likeness (QED) is 0.590. The summed E-state index contributed by atoms with van der Waals surface area (Å²) in [5.41, 5.74) is 2.11. The highest BCUT2D eigenvalue weighted by atomic mass is 32.2. The maximum Gasteiger partial charge on any atom is 0.181 e. The Morgan fingerprint density at radius 3 is 2.52 bits per heavy atom. The minimum Gasteiger partial charge on any atom is -0.457 e. The van der Waals surface area contributed by atoms with Crippen molar-refractivity contribution in [2.45, 2.75) is 56.2 Å². The van der Waals surface area contributed by atoms with Crippen LogP contribution in [0.15, 0.2) is 47.5 Å². The highest BCUT2D eigenvalue weighted by Gasteiger charge is 2.36. The maximum absolute atomic E-state index is 12.3. The Morgan fingerprint density at radius 2 is 1.89 bits per heavy atom. The summed E-state index contributed by atoms with van der Waals surface area (Å²) in [6, 6.07) is 10.9. The summed E-state index contributed by atoms with van der Waals surface area (Å²) in [6.07, 6.45) is 5.54. The van der Waals surface area contributed by atoms with Gasteiger partial charge >= 0.3 is 0 Å². The number of hydrogen-bond donors (Lipinski definition) is 0. The zero-order valence-corrected chi connectivity index (χ0v) is 16.5. The summed E-state index contributed by atoms with van der Waals surface area (Å²) in [7, 11) is -3.17. The van der Waals surface area contributed by atoms with E-state index in [9.17, 15) is 8.42 Å². The predicted molar refractivity (Wildman–Crippen MR) is 106 cm³/mol. The molecule has 6 heteroatoms. The molecule has 3 aromatic rings. The largest absolute Gasteiger partial charge is 0.457 e. The summed E-state index contributed by atoms with van der Waals surface area (Å²) < 4.78 is 32.7. The Bertz CT molecular complexity index is 1060. The van der Waals surface area contributed by atoms with Crippen molar-refractivity contribution in [1.82, 2.24) is 9.78 Å². The number of nitrogens with zero attached hydrogens (tertiary/aromatic N) is 2. The molecule has 0 unspecified atom stereocenters. The summed E-state index contributed by atoms with van der Waals surface area (Å²) in [5, 5.41) is 5.37. The van der Waals surface area contributed by atoms with Gasteiger partial charge in [-0.15, -0.1) is 0 Å². The number of hydrogen-bond acceptors (Lipinski definition) is 4. The van der Waals surface area contributed by atoms with Gasteiger partial charge in [0, 0.05) is 12.7 Å². The lowest BCUT2D eigenvalue weighted by atomic mass is 10.1. The molecule has 0 spiro atoms. The Morgan fingerprint density at radius 1 is 1.15 bits per heavy atom. The third kappa shape index (κ3) is 3.58. The molecule has 1 aromatic heterocycles. The second kappa shape index (κ2) is 7.00. The van der Waals surface area contributed by atoms with E-state index in [1.807, 2.05) is 10.9 Å². The molecule has 1 fully saturated rings. The van der Waals surface area contributed by atoms with Crippen LogP contribution in [-0.4, -0.2) is 23.4 Å². The molecular formula is C21H24N2O3S. The molecule has 2 aromatic carbocycles. The van der Waals surface area contributed by atoms with Gasteiger partial charge in [0.1, 0.15) is 11.5 Å². The molecule has 0 amide bonds. The van der Waals surface area contributed by atoms with E-state index >= 15 is 0 Å². The van der Waals surface area contributed by atoms with E-state index < -0.39 is 9.84 Å². The van der Waals surface area contributed by atoms with Crippen LogP contribution in [0.4, 0.5) is 0 Å². The van der Waals surface area contributed by atoms with Crippen molar-refractivity contribution in [3.05, 3.63) is 48.2 Å². The van der Waals surface area contributed by atoms with Gasteiger partial charge in [0.25, 0.3) is 0 Å². The first-order chi connectivity index (χ1) is 13.0. The maximum atomic E-state index is 12.3. The minimum absolute atomic E-state index is 0.200. The van der Waals surface area contributed by atoms with Crippen molar-refractivity contribution in [2.75, 3.05) is 0 Å². The number of rotatable bonds is 7. The van der Waals surface area contributed by atoms with E-state index in [-0.39, 0.29) is 5.25 Å². The van der Waals surface area contributed by atoms with Crippen molar-refractivity contribution in [1.29, 1.82) is 0 Å². The predicted octanol–water partition coefficient (Wildman–Crippen LogP) is 4.74. The lowest BCUT2D eigenvalue weighted by molar-refractivity contribution is 0.487. The Kier molecular flexibility index (Phi) is 4.68. The molecule has 0 aliphatic heterocycles. The topological polar surface area (TPSA) is 61.2 Å². The zero-order valence-electron chi connectivity index (χ0n) is 15.7. The van der Waals surface area contributed by atoms with Crippen molar-refractivity contribution in [3.8, 4) is 11.5 Å². The molecule has 5 nitrogen and oxygen atoms in total. The zero-order chi connectivity index (χ0) is 19.0. The smallest absolute Gasteiger partial charge is 0.181 e. The van der Waals surface area contributed by atoms with Gasteiger partial charge in [-0.25, -0.2) is 8.42 Å². The van der Waals surface area contributed by atoms with Gasteiger partial charge in [0.15, 0.2) is 9.84 Å². The second-order valence-electron chi connectivity index (χ2n) is 7.08. The van der Waals surface area contributed by atoms with Crippen molar-refractivity contribution >= 4 is 20.7 Å². The van der Waals surface area contributed by atoms with E-state index in [4.69, 9.17) is 4.74 Å². The average Bonchev–Trinajstić information content (AvgIpc) is 3.43. The molecule has 0 atom stereocenters. The normalized spacial score (nSPS) is 14.6.